The molecule has 0 aromatic heterocycles. The number of carbonyl (C=O) groups excluding carboxylic acids is 2. The van der Waals surface area contributed by atoms with E-state index < -0.39 is 0 Å². The number of hydrogen-bond acceptors (Lipinski definition) is 4. The quantitative estimate of drug-likeness (QED) is 0.778. The van der Waals surface area contributed by atoms with Crippen molar-refractivity contribution < 1.29 is 14.3 Å². The van der Waals surface area contributed by atoms with Crippen molar-refractivity contribution in [1.29, 1.82) is 0 Å². The van der Waals surface area contributed by atoms with E-state index in [-0.39, 0.29) is 23.8 Å². The van der Waals surface area contributed by atoms with Crippen LogP contribution < -0.4 is 10.5 Å². The summed E-state index contributed by atoms with van der Waals surface area (Å²) in [5.41, 5.74) is 8.84. The molecule has 0 saturated carbocycles. The average molecular weight is 422 g/mol. The van der Waals surface area contributed by atoms with Gasteiger partial charge in [0.1, 0.15) is 12.4 Å². The normalized spacial score (nSPS) is 22.5. The predicted molar refractivity (Wildman–Crippen MR) is 120 cm³/mol. The lowest BCUT2D eigenvalue weighted by molar-refractivity contribution is -0.131. The zero-order valence-corrected chi connectivity index (χ0v) is 18.3. The van der Waals surface area contributed by atoms with Crippen LogP contribution in [0.5, 0.6) is 5.75 Å². The van der Waals surface area contributed by atoms with Crippen molar-refractivity contribution in [3.05, 3.63) is 65.2 Å². The fraction of sp³-hybridized carbons (Fsp3) is 0.440. The van der Waals surface area contributed by atoms with Gasteiger partial charge in [-0.05, 0) is 35.7 Å². The average Bonchev–Trinajstić information content (AvgIpc) is 3.31. The molecule has 2 heterocycles. The number of likely N-dealkylation sites (tertiary alicyclic amines) is 2. The SMILES string of the molecule is CC(=O)N1C[C@H]2CN(C(=O)Cc3cccc(OCCN)c3)C[C@H]2[C@@H]1c1ccccc1C. The monoisotopic (exact) mass is 421 g/mol. The zero-order chi connectivity index (χ0) is 22.0. The number of carbonyl (C=O) groups is 2. The molecule has 3 atom stereocenters. The number of amides is 2. The third-order valence-corrected chi connectivity index (χ3v) is 6.57. The molecule has 6 heteroatoms. The van der Waals surface area contributed by atoms with Crippen LogP contribution >= 0.6 is 0 Å². The molecule has 0 aliphatic carbocycles. The number of nitrogens with two attached hydrogens (primary N) is 1. The number of hydrogen-bond donors (Lipinski definition) is 1. The maximum absolute atomic E-state index is 13.1. The minimum atomic E-state index is 0.0366. The van der Waals surface area contributed by atoms with Crippen LogP contribution in [0.15, 0.2) is 48.5 Å². The Kier molecular flexibility index (Phi) is 6.28. The van der Waals surface area contributed by atoms with Gasteiger partial charge < -0.3 is 20.3 Å². The highest BCUT2D eigenvalue weighted by molar-refractivity contribution is 5.79. The molecule has 2 aromatic carbocycles. The minimum absolute atomic E-state index is 0.0366. The highest BCUT2D eigenvalue weighted by Gasteiger charge is 2.49. The number of benzene rings is 2. The summed E-state index contributed by atoms with van der Waals surface area (Å²) in [6.07, 6.45) is 0.352. The van der Waals surface area contributed by atoms with Crippen molar-refractivity contribution in [3.63, 3.8) is 0 Å². The minimum Gasteiger partial charge on any atom is -0.492 e. The van der Waals surface area contributed by atoms with Gasteiger partial charge in [0.05, 0.1) is 12.5 Å². The van der Waals surface area contributed by atoms with Gasteiger partial charge in [0.2, 0.25) is 11.8 Å². The van der Waals surface area contributed by atoms with E-state index in [2.05, 4.69) is 19.1 Å². The van der Waals surface area contributed by atoms with E-state index in [1.54, 1.807) is 6.92 Å². The summed E-state index contributed by atoms with van der Waals surface area (Å²) >= 11 is 0. The summed E-state index contributed by atoms with van der Waals surface area (Å²) in [6, 6.07) is 16.0. The maximum atomic E-state index is 13.1. The van der Waals surface area contributed by atoms with E-state index in [0.717, 1.165) is 11.3 Å². The van der Waals surface area contributed by atoms with Crippen LogP contribution in [0.3, 0.4) is 0 Å². The number of fused-ring (bicyclic) bond motifs is 1. The van der Waals surface area contributed by atoms with E-state index in [0.29, 0.717) is 45.1 Å². The number of aryl methyl sites for hydroxylation is 1. The molecule has 6 nitrogen and oxygen atoms in total. The van der Waals surface area contributed by atoms with E-state index in [1.807, 2.05) is 46.2 Å². The Hall–Kier alpha value is -2.86. The molecule has 164 valence electrons. The molecular formula is C25H31N3O3. The Morgan fingerprint density at radius 3 is 2.65 bits per heavy atom. The van der Waals surface area contributed by atoms with Crippen molar-refractivity contribution in [2.75, 3.05) is 32.8 Å². The zero-order valence-electron chi connectivity index (χ0n) is 18.3. The summed E-state index contributed by atoms with van der Waals surface area (Å²) in [7, 11) is 0. The number of nitrogens with zero attached hydrogens (tertiary/aromatic N) is 2. The summed E-state index contributed by atoms with van der Waals surface area (Å²) in [5.74, 6) is 1.56. The first kappa shape index (κ1) is 21.4. The highest BCUT2D eigenvalue weighted by atomic mass is 16.5. The van der Waals surface area contributed by atoms with Crippen LogP contribution in [-0.4, -0.2) is 54.4 Å². The van der Waals surface area contributed by atoms with E-state index in [9.17, 15) is 9.59 Å². The van der Waals surface area contributed by atoms with Crippen LogP contribution in [0.2, 0.25) is 0 Å². The first-order valence-electron chi connectivity index (χ1n) is 11.0. The first-order chi connectivity index (χ1) is 15.0. The van der Waals surface area contributed by atoms with Crippen LogP contribution in [0, 0.1) is 18.8 Å². The molecule has 0 radical (unpaired) electrons. The second-order valence-electron chi connectivity index (χ2n) is 8.66. The molecule has 0 unspecified atom stereocenters. The topological polar surface area (TPSA) is 75.9 Å². The van der Waals surface area contributed by atoms with Gasteiger partial charge in [0.25, 0.3) is 0 Å². The first-order valence-corrected chi connectivity index (χ1v) is 11.0. The summed E-state index contributed by atoms with van der Waals surface area (Å²) in [5, 5.41) is 0. The van der Waals surface area contributed by atoms with Crippen molar-refractivity contribution in [1.82, 2.24) is 9.80 Å². The molecule has 0 bridgehead atoms. The lowest BCUT2D eigenvalue weighted by Gasteiger charge is -2.30. The molecule has 2 aromatic rings. The van der Waals surface area contributed by atoms with E-state index in [4.69, 9.17) is 10.5 Å². The molecule has 2 aliphatic rings. The Morgan fingerprint density at radius 2 is 1.90 bits per heavy atom. The molecule has 2 saturated heterocycles. The molecule has 31 heavy (non-hydrogen) atoms. The van der Waals surface area contributed by atoms with Gasteiger partial charge in [0, 0.05) is 44.9 Å². The Morgan fingerprint density at radius 1 is 1.10 bits per heavy atom. The van der Waals surface area contributed by atoms with Crippen LogP contribution in [0.4, 0.5) is 0 Å². The van der Waals surface area contributed by atoms with Gasteiger partial charge in [-0.25, -0.2) is 0 Å². The van der Waals surface area contributed by atoms with Gasteiger partial charge in [-0.1, -0.05) is 36.4 Å². The Bertz CT molecular complexity index is 961. The molecule has 0 spiro atoms. The number of ether oxygens (including phenoxy) is 1. The standard InChI is InChI=1S/C25H31N3O3/c1-17-6-3-4-9-22(17)25-23-16-27(14-20(23)15-28(25)18(2)29)24(30)13-19-7-5-8-21(12-19)31-11-10-26/h3-9,12,20,23,25H,10-11,13-16,26H2,1-2H3/t20-,23-,25+/m1/s1. The molecule has 2 aliphatic heterocycles. The van der Waals surface area contributed by atoms with E-state index >= 15 is 0 Å². The smallest absolute Gasteiger partial charge is 0.227 e. The lowest BCUT2D eigenvalue weighted by atomic mass is 9.87. The van der Waals surface area contributed by atoms with Gasteiger partial charge in [-0.15, -0.1) is 0 Å². The fourth-order valence-corrected chi connectivity index (χ4v) is 5.10. The van der Waals surface area contributed by atoms with Crippen molar-refractivity contribution in [3.8, 4) is 5.75 Å². The second-order valence-corrected chi connectivity index (χ2v) is 8.66. The Labute approximate surface area is 184 Å². The second kappa shape index (κ2) is 9.10. The third kappa shape index (κ3) is 4.44. The summed E-state index contributed by atoms with van der Waals surface area (Å²) in [6.45, 7) is 6.77. The molecule has 2 N–H and O–H groups in total. The lowest BCUT2D eigenvalue weighted by Crippen LogP contribution is -2.37. The Balaban J connectivity index is 1.48. The van der Waals surface area contributed by atoms with Crippen LogP contribution in [0.1, 0.15) is 29.7 Å². The van der Waals surface area contributed by atoms with Crippen molar-refractivity contribution in [2.45, 2.75) is 26.3 Å². The van der Waals surface area contributed by atoms with Crippen molar-refractivity contribution >= 4 is 11.8 Å². The van der Waals surface area contributed by atoms with Crippen LogP contribution in [0.25, 0.3) is 0 Å². The fourth-order valence-electron chi connectivity index (χ4n) is 5.10. The van der Waals surface area contributed by atoms with Crippen LogP contribution in [-0.2, 0) is 16.0 Å². The van der Waals surface area contributed by atoms with Crippen molar-refractivity contribution in [2.24, 2.45) is 17.6 Å². The third-order valence-electron chi connectivity index (χ3n) is 6.57. The molecule has 4 rings (SSSR count). The number of rotatable bonds is 6. The molecule has 2 fully saturated rings. The van der Waals surface area contributed by atoms with Gasteiger partial charge in [0.15, 0.2) is 0 Å². The largest absolute Gasteiger partial charge is 0.492 e. The maximum Gasteiger partial charge on any atom is 0.227 e. The molecular weight excluding hydrogens is 390 g/mol. The molecule has 2 amide bonds. The van der Waals surface area contributed by atoms with Gasteiger partial charge >= 0.3 is 0 Å². The summed E-state index contributed by atoms with van der Waals surface area (Å²) in [4.78, 5) is 29.4. The van der Waals surface area contributed by atoms with Gasteiger partial charge in [-0.3, -0.25) is 9.59 Å². The highest BCUT2D eigenvalue weighted by Crippen LogP contribution is 2.45. The van der Waals surface area contributed by atoms with Gasteiger partial charge in [-0.2, -0.15) is 0 Å². The van der Waals surface area contributed by atoms with E-state index in [1.165, 1.54) is 11.1 Å². The summed E-state index contributed by atoms with van der Waals surface area (Å²) < 4.78 is 5.58. The predicted octanol–water partition coefficient (Wildman–Crippen LogP) is 2.55.